The van der Waals surface area contributed by atoms with E-state index in [1.807, 2.05) is 68.7 Å². The van der Waals surface area contributed by atoms with Crippen LogP contribution < -0.4 is 25.0 Å². The maximum atomic E-state index is 14.0. The van der Waals surface area contributed by atoms with Gasteiger partial charge in [0, 0.05) is 52.5 Å². The van der Waals surface area contributed by atoms with Gasteiger partial charge in [0.25, 0.3) is 0 Å². The fourth-order valence-corrected chi connectivity index (χ4v) is 7.84. The maximum Gasteiger partial charge on any atom is 0.408 e. The molecule has 8 rings (SSSR count). The molecular weight excluding hydrogens is 871 g/mol. The molecule has 352 valence electrons. The highest BCUT2D eigenvalue weighted by Gasteiger charge is 2.46. The number of pyridine rings is 3. The van der Waals surface area contributed by atoms with E-state index in [1.54, 1.807) is 72.9 Å². The number of alkyl carbamates (subject to hydrolysis) is 1. The molecule has 0 spiro atoms. The van der Waals surface area contributed by atoms with Gasteiger partial charge in [-0.05, 0) is 71.8 Å². The zero-order valence-corrected chi connectivity index (χ0v) is 37.8. The average Bonchev–Trinajstić information content (AvgIpc) is 3.93. The number of fused-ring (bicyclic) bond motifs is 1. The Bertz CT molecular complexity index is 2690. The van der Waals surface area contributed by atoms with Gasteiger partial charge in [-0.3, -0.25) is 29.2 Å². The molecule has 7 aromatic rings. The summed E-state index contributed by atoms with van der Waals surface area (Å²) in [5.41, 5.74) is 5.83. The second-order valence-electron chi connectivity index (χ2n) is 16.4. The first-order chi connectivity index (χ1) is 33.1. The molecule has 6 heterocycles. The number of imidazole rings is 1. The predicted molar refractivity (Wildman–Crippen MR) is 249 cm³/mol. The van der Waals surface area contributed by atoms with Gasteiger partial charge in [-0.15, -0.1) is 0 Å². The molecule has 0 unspecified atom stereocenters. The van der Waals surface area contributed by atoms with Crippen molar-refractivity contribution in [1.29, 1.82) is 0 Å². The number of hydrogen-bond donors (Lipinski definition) is 4. The van der Waals surface area contributed by atoms with Gasteiger partial charge < -0.3 is 44.7 Å². The van der Waals surface area contributed by atoms with Crippen LogP contribution in [0.1, 0.15) is 40.1 Å². The lowest BCUT2D eigenvalue weighted by Crippen LogP contribution is -2.55. The average molecular weight is 924 g/mol. The third kappa shape index (κ3) is 11.9. The Kier molecular flexibility index (Phi) is 15.4. The monoisotopic (exact) mass is 923 g/mol. The molecular formula is C49H53N11O8. The van der Waals surface area contributed by atoms with Crippen LogP contribution in [-0.2, 0) is 53.5 Å². The number of aliphatic hydroxyl groups excluding tert-OH is 2. The number of hydrogen-bond acceptors (Lipinski definition) is 16. The molecule has 5 aromatic heterocycles. The summed E-state index contributed by atoms with van der Waals surface area (Å²) in [6.07, 6.45) is 2.25. The lowest BCUT2D eigenvalue weighted by atomic mass is 10.0. The number of amides is 2. The van der Waals surface area contributed by atoms with Crippen LogP contribution in [0.4, 0.5) is 10.6 Å². The molecule has 2 amide bonds. The van der Waals surface area contributed by atoms with E-state index in [0.717, 1.165) is 22.8 Å². The summed E-state index contributed by atoms with van der Waals surface area (Å²) in [4.78, 5) is 58.4. The molecule has 0 radical (unpaired) electrons. The lowest BCUT2D eigenvalue weighted by Gasteiger charge is -2.25. The first kappa shape index (κ1) is 46.9. The highest BCUT2D eigenvalue weighted by molar-refractivity contribution is 5.86. The van der Waals surface area contributed by atoms with Gasteiger partial charge >= 0.3 is 6.09 Å². The highest BCUT2D eigenvalue weighted by atomic mass is 16.6. The second kappa shape index (κ2) is 22.3. The number of carbonyl (C=O) groups excluding carboxylic acids is 2. The fourth-order valence-electron chi connectivity index (χ4n) is 7.84. The Morgan fingerprint density at radius 2 is 1.44 bits per heavy atom. The molecule has 1 saturated heterocycles. The van der Waals surface area contributed by atoms with Crippen molar-refractivity contribution in [2.45, 2.75) is 69.8 Å². The molecule has 0 bridgehead atoms. The van der Waals surface area contributed by atoms with Gasteiger partial charge in [0.1, 0.15) is 49.3 Å². The summed E-state index contributed by atoms with van der Waals surface area (Å²) in [6, 6.07) is 29.6. The smallest absolute Gasteiger partial charge is 0.408 e. The van der Waals surface area contributed by atoms with Crippen LogP contribution in [0.2, 0.25) is 0 Å². The van der Waals surface area contributed by atoms with E-state index < -0.39 is 49.1 Å². The number of carbonyl (C=O) groups is 2. The number of aromatic nitrogens is 7. The van der Waals surface area contributed by atoms with E-state index in [9.17, 15) is 19.8 Å². The fraction of sp³-hybridized carbons (Fsp3) is 0.306. The third-order valence-corrected chi connectivity index (χ3v) is 11.3. The van der Waals surface area contributed by atoms with Crippen molar-refractivity contribution in [2.75, 3.05) is 32.7 Å². The van der Waals surface area contributed by atoms with E-state index in [1.165, 1.54) is 17.2 Å². The Labute approximate surface area is 392 Å². The van der Waals surface area contributed by atoms with Crippen molar-refractivity contribution in [3.8, 4) is 11.5 Å². The van der Waals surface area contributed by atoms with Crippen molar-refractivity contribution < 1.29 is 38.7 Å². The molecule has 2 aromatic carbocycles. The third-order valence-electron chi connectivity index (χ3n) is 11.3. The summed E-state index contributed by atoms with van der Waals surface area (Å²) in [7, 11) is 5.19. The van der Waals surface area contributed by atoms with Crippen LogP contribution in [0.3, 0.4) is 0 Å². The Morgan fingerprint density at radius 1 is 0.779 bits per heavy atom. The van der Waals surface area contributed by atoms with Gasteiger partial charge in [-0.1, -0.05) is 42.5 Å². The molecule has 1 aliphatic heterocycles. The minimum Gasteiger partial charge on any atom is -0.497 e. The number of anilines is 1. The van der Waals surface area contributed by atoms with Crippen LogP contribution in [0, 0.1) is 0 Å². The topological polar surface area (TPSA) is 224 Å². The van der Waals surface area contributed by atoms with E-state index in [4.69, 9.17) is 23.9 Å². The Balaban J connectivity index is 0.872. The zero-order valence-electron chi connectivity index (χ0n) is 37.8. The highest BCUT2D eigenvalue weighted by Crippen LogP contribution is 2.33. The normalized spacial score (nSPS) is 17.1. The molecule has 19 nitrogen and oxygen atoms in total. The largest absolute Gasteiger partial charge is 0.497 e. The molecule has 1 fully saturated rings. The number of ether oxygens (including phenoxy) is 4. The van der Waals surface area contributed by atoms with E-state index in [2.05, 4.69) is 40.5 Å². The number of methoxy groups -OCH3 is 1. The number of nitrogens with zero attached hydrogens (tertiary/aromatic N) is 9. The van der Waals surface area contributed by atoms with E-state index in [0.29, 0.717) is 59.2 Å². The minimum absolute atomic E-state index is 0.0661. The van der Waals surface area contributed by atoms with Crippen LogP contribution in [-0.4, -0.2) is 114 Å². The van der Waals surface area contributed by atoms with Gasteiger partial charge in [0.05, 0.1) is 48.9 Å². The Morgan fingerprint density at radius 3 is 2.10 bits per heavy atom. The van der Waals surface area contributed by atoms with Crippen molar-refractivity contribution >= 4 is 29.0 Å². The van der Waals surface area contributed by atoms with E-state index >= 15 is 0 Å². The zero-order chi connectivity index (χ0) is 47.4. The van der Waals surface area contributed by atoms with Gasteiger partial charge in [0.2, 0.25) is 5.91 Å². The standard InChI is InChI=1S/C49H53N11O8/c1-58(2)45-43-46(53-30-52-45)60(31-54-43)48-44(62)42(41(27-61)68-48)57-47(63)40(23-32-13-17-38(65-3)18-14-32)56-49(64)67-28-33-15-19-39(20-16-33)66-29-37-12-8-11-36(55-37)26-59(24-34-9-4-6-21-50-34)25-35-10-5-7-22-51-35/h4-22,30-31,40-42,44,48,61-62H,23-29H2,1-3H3,(H,56,64)(H,57,63)/t40-,41+,42+,44+,48+/m0/s1. The summed E-state index contributed by atoms with van der Waals surface area (Å²) >= 11 is 0. The lowest BCUT2D eigenvalue weighted by molar-refractivity contribution is -0.124. The van der Waals surface area contributed by atoms with Crippen molar-refractivity contribution in [3.63, 3.8) is 0 Å². The van der Waals surface area contributed by atoms with Crippen LogP contribution in [0.15, 0.2) is 128 Å². The first-order valence-corrected chi connectivity index (χ1v) is 22.0. The van der Waals surface area contributed by atoms with E-state index in [-0.39, 0.29) is 19.6 Å². The van der Waals surface area contributed by atoms with Crippen LogP contribution in [0.25, 0.3) is 11.2 Å². The number of nitrogens with one attached hydrogen (secondary N) is 2. The summed E-state index contributed by atoms with van der Waals surface area (Å²) in [5.74, 6) is 1.15. The van der Waals surface area contributed by atoms with Crippen molar-refractivity contribution in [3.05, 3.63) is 162 Å². The van der Waals surface area contributed by atoms with Crippen LogP contribution >= 0.6 is 0 Å². The van der Waals surface area contributed by atoms with Gasteiger partial charge in [0.15, 0.2) is 23.2 Å². The minimum atomic E-state index is -1.34. The molecule has 19 heteroatoms. The SMILES string of the molecule is COc1ccc(C[C@H](NC(=O)OCc2ccc(OCc3cccc(CN(Cc4ccccn4)Cc4ccccn4)n3)cc2)C(=O)N[C@H]2[C@@H](O)[C@H](n3cnc4c(N(C)C)ncnc43)O[C@@H]2CO)cc1. The number of rotatable bonds is 20. The molecule has 0 saturated carbocycles. The molecule has 1 aliphatic rings. The quantitative estimate of drug-likeness (QED) is 0.0843. The first-order valence-electron chi connectivity index (χ1n) is 22.0. The number of benzene rings is 2. The number of aliphatic hydroxyl groups is 2. The van der Waals surface area contributed by atoms with Gasteiger partial charge in [-0.2, -0.15) is 0 Å². The summed E-state index contributed by atoms with van der Waals surface area (Å²) in [6.45, 7) is 1.47. The van der Waals surface area contributed by atoms with Crippen LogP contribution in [0.5, 0.6) is 11.5 Å². The molecule has 0 aliphatic carbocycles. The molecule has 68 heavy (non-hydrogen) atoms. The summed E-state index contributed by atoms with van der Waals surface area (Å²) < 4.78 is 24.6. The predicted octanol–water partition coefficient (Wildman–Crippen LogP) is 4.14. The van der Waals surface area contributed by atoms with Crippen molar-refractivity contribution in [1.82, 2.24) is 50.0 Å². The second-order valence-corrected chi connectivity index (χ2v) is 16.4. The summed E-state index contributed by atoms with van der Waals surface area (Å²) in [5, 5.41) is 27.4. The molecule has 4 N–H and O–H groups in total. The molecule has 5 atom stereocenters. The van der Waals surface area contributed by atoms with Gasteiger partial charge in [-0.25, -0.2) is 19.7 Å². The van der Waals surface area contributed by atoms with Crippen molar-refractivity contribution in [2.24, 2.45) is 0 Å². The Hall–Kier alpha value is -7.58. The maximum absolute atomic E-state index is 14.0.